The molecule has 0 N–H and O–H groups in total. The molecule has 116 valence electrons. The molecule has 1 unspecified atom stereocenters. The summed E-state index contributed by atoms with van der Waals surface area (Å²) < 4.78 is 2.16. The summed E-state index contributed by atoms with van der Waals surface area (Å²) >= 11 is 0. The Balaban J connectivity index is 1.95. The van der Waals surface area contributed by atoms with E-state index in [-0.39, 0.29) is 5.92 Å². The smallest absolute Gasteiger partial charge is 0.144 e. The Bertz CT molecular complexity index is 969. The van der Waals surface area contributed by atoms with E-state index < -0.39 is 0 Å². The maximum atomic E-state index is 5.00. The van der Waals surface area contributed by atoms with Crippen molar-refractivity contribution in [3.8, 4) is 11.4 Å². The minimum atomic E-state index is 0.0704. The van der Waals surface area contributed by atoms with Gasteiger partial charge in [0.1, 0.15) is 5.82 Å². The number of hydrogen-bond acceptors (Lipinski definition) is 1. The fourth-order valence-electron chi connectivity index (χ4n) is 3.15. The molecule has 0 aliphatic carbocycles. The zero-order chi connectivity index (χ0) is 16.4. The second kappa shape index (κ2) is 6.17. The van der Waals surface area contributed by atoms with E-state index in [1.54, 1.807) is 0 Å². The Kier molecular flexibility index (Phi) is 3.72. The summed E-state index contributed by atoms with van der Waals surface area (Å²) in [5.41, 5.74) is 4.47. The van der Waals surface area contributed by atoms with Crippen LogP contribution in [0.1, 0.15) is 17.2 Å². The normalized spacial score (nSPS) is 12.2. The van der Waals surface area contributed by atoms with Gasteiger partial charge >= 0.3 is 0 Å². The molecule has 0 bridgehead atoms. The lowest BCUT2D eigenvalue weighted by atomic mass is 9.95. The first kappa shape index (κ1) is 14.5. The third-order valence-electron chi connectivity index (χ3n) is 4.30. The van der Waals surface area contributed by atoms with Crippen LogP contribution in [-0.4, -0.2) is 9.38 Å². The van der Waals surface area contributed by atoms with Gasteiger partial charge in [0, 0.05) is 17.7 Å². The van der Waals surface area contributed by atoms with Gasteiger partial charge in [0.25, 0.3) is 0 Å². The van der Waals surface area contributed by atoms with Crippen molar-refractivity contribution in [1.29, 1.82) is 0 Å². The van der Waals surface area contributed by atoms with Gasteiger partial charge in [-0.1, -0.05) is 72.8 Å². The van der Waals surface area contributed by atoms with E-state index in [1.165, 1.54) is 5.56 Å². The maximum absolute atomic E-state index is 5.00. The van der Waals surface area contributed by atoms with Crippen LogP contribution in [0.15, 0.2) is 97.7 Å². The standard InChI is InChI=1S/C22H18N2/c1-2-19(17-11-5-3-6-12-17)21-20-15-9-10-16-24(20)22(23-21)18-13-7-4-8-14-18/h2-16,19H,1H2. The SMILES string of the molecule is C=CC(c1ccccc1)c1nc(-c2ccccc2)n2ccccc12. The zero-order valence-corrected chi connectivity index (χ0v) is 13.3. The molecule has 0 aliphatic rings. The molecule has 4 aromatic rings. The van der Waals surface area contributed by atoms with E-state index in [0.717, 1.165) is 22.6 Å². The largest absolute Gasteiger partial charge is 0.299 e. The van der Waals surface area contributed by atoms with Gasteiger partial charge in [-0.25, -0.2) is 4.98 Å². The van der Waals surface area contributed by atoms with Gasteiger partial charge in [-0.2, -0.15) is 0 Å². The number of pyridine rings is 1. The van der Waals surface area contributed by atoms with Crippen molar-refractivity contribution in [2.75, 3.05) is 0 Å². The van der Waals surface area contributed by atoms with E-state index in [1.807, 2.05) is 36.4 Å². The molecule has 4 rings (SSSR count). The summed E-state index contributed by atoms with van der Waals surface area (Å²) in [6.45, 7) is 4.05. The third-order valence-corrected chi connectivity index (χ3v) is 4.30. The van der Waals surface area contributed by atoms with Gasteiger partial charge in [-0.05, 0) is 17.7 Å². The van der Waals surface area contributed by atoms with E-state index >= 15 is 0 Å². The Morgan fingerprint density at radius 2 is 1.50 bits per heavy atom. The number of hydrogen-bond donors (Lipinski definition) is 0. The minimum absolute atomic E-state index is 0.0704. The van der Waals surface area contributed by atoms with Gasteiger partial charge in [-0.15, -0.1) is 6.58 Å². The topological polar surface area (TPSA) is 17.3 Å². The van der Waals surface area contributed by atoms with E-state index in [9.17, 15) is 0 Å². The maximum Gasteiger partial charge on any atom is 0.144 e. The van der Waals surface area contributed by atoms with E-state index in [4.69, 9.17) is 4.98 Å². The lowest BCUT2D eigenvalue weighted by Gasteiger charge is -2.10. The summed E-state index contributed by atoms with van der Waals surface area (Å²) in [6.07, 6.45) is 4.04. The van der Waals surface area contributed by atoms with Crippen LogP contribution in [0.2, 0.25) is 0 Å². The molecule has 1 atom stereocenters. The fraction of sp³-hybridized carbons (Fsp3) is 0.0455. The molecule has 0 spiro atoms. The first-order valence-corrected chi connectivity index (χ1v) is 8.08. The van der Waals surface area contributed by atoms with Crippen molar-refractivity contribution in [2.45, 2.75) is 5.92 Å². The summed E-state index contributed by atoms with van der Waals surface area (Å²) in [7, 11) is 0. The number of benzene rings is 2. The molecule has 0 saturated carbocycles. The number of nitrogens with zero attached hydrogens (tertiary/aromatic N) is 2. The number of imidazole rings is 1. The van der Waals surface area contributed by atoms with E-state index in [0.29, 0.717) is 0 Å². The Morgan fingerprint density at radius 3 is 2.21 bits per heavy atom. The molecule has 2 heteroatoms. The number of allylic oxidation sites excluding steroid dienone is 1. The van der Waals surface area contributed by atoms with Gasteiger partial charge in [0.05, 0.1) is 11.2 Å². The highest BCUT2D eigenvalue weighted by atomic mass is 15.0. The number of aromatic nitrogens is 2. The predicted octanol–water partition coefficient (Wildman–Crippen LogP) is 5.32. The summed E-state index contributed by atoms with van der Waals surface area (Å²) in [4.78, 5) is 5.00. The predicted molar refractivity (Wildman–Crippen MR) is 99.1 cm³/mol. The zero-order valence-electron chi connectivity index (χ0n) is 13.3. The Hall–Kier alpha value is -3.13. The van der Waals surface area contributed by atoms with Crippen LogP contribution in [0.25, 0.3) is 16.9 Å². The van der Waals surface area contributed by atoms with Gasteiger partial charge < -0.3 is 0 Å². The number of rotatable bonds is 4. The quantitative estimate of drug-likeness (QED) is 0.466. The summed E-state index contributed by atoms with van der Waals surface area (Å²) in [6, 6.07) is 26.9. The molecule has 2 nitrogen and oxygen atoms in total. The summed E-state index contributed by atoms with van der Waals surface area (Å²) in [5, 5.41) is 0. The van der Waals surface area contributed by atoms with Gasteiger partial charge in [0.2, 0.25) is 0 Å². The second-order valence-corrected chi connectivity index (χ2v) is 5.77. The number of fused-ring (bicyclic) bond motifs is 1. The highest BCUT2D eigenvalue weighted by molar-refractivity contribution is 5.67. The van der Waals surface area contributed by atoms with Crippen LogP contribution < -0.4 is 0 Å². The van der Waals surface area contributed by atoms with Crippen LogP contribution in [0.4, 0.5) is 0 Å². The minimum Gasteiger partial charge on any atom is -0.299 e. The summed E-state index contributed by atoms with van der Waals surface area (Å²) in [5.74, 6) is 1.03. The average Bonchev–Trinajstić information content (AvgIpc) is 3.04. The highest BCUT2D eigenvalue weighted by Crippen LogP contribution is 2.31. The molecular weight excluding hydrogens is 292 g/mol. The van der Waals surface area contributed by atoms with Crippen LogP contribution >= 0.6 is 0 Å². The van der Waals surface area contributed by atoms with Crippen molar-refractivity contribution >= 4 is 5.52 Å². The highest BCUT2D eigenvalue weighted by Gasteiger charge is 2.19. The van der Waals surface area contributed by atoms with Crippen molar-refractivity contribution in [3.63, 3.8) is 0 Å². The van der Waals surface area contributed by atoms with Gasteiger partial charge in [-0.3, -0.25) is 4.40 Å². The van der Waals surface area contributed by atoms with Crippen LogP contribution in [0, 0.1) is 0 Å². The molecule has 0 aliphatic heterocycles. The molecule has 0 fully saturated rings. The van der Waals surface area contributed by atoms with Crippen LogP contribution in [0.5, 0.6) is 0 Å². The van der Waals surface area contributed by atoms with Crippen LogP contribution in [0.3, 0.4) is 0 Å². The molecule has 2 aromatic carbocycles. The monoisotopic (exact) mass is 310 g/mol. The van der Waals surface area contributed by atoms with Crippen molar-refractivity contribution < 1.29 is 0 Å². The molecule has 2 aromatic heterocycles. The molecule has 0 saturated heterocycles. The molecule has 0 amide bonds. The first-order valence-electron chi connectivity index (χ1n) is 8.08. The lowest BCUT2D eigenvalue weighted by Crippen LogP contribution is -1.98. The second-order valence-electron chi connectivity index (χ2n) is 5.77. The first-order chi connectivity index (χ1) is 11.9. The molecule has 24 heavy (non-hydrogen) atoms. The average molecular weight is 310 g/mol. The Morgan fingerprint density at radius 1 is 0.833 bits per heavy atom. The fourth-order valence-corrected chi connectivity index (χ4v) is 3.15. The van der Waals surface area contributed by atoms with Gasteiger partial charge in [0.15, 0.2) is 0 Å². The van der Waals surface area contributed by atoms with E-state index in [2.05, 4.69) is 65.7 Å². The van der Waals surface area contributed by atoms with Crippen LogP contribution in [-0.2, 0) is 0 Å². The Labute approximate surface area is 141 Å². The van der Waals surface area contributed by atoms with Crippen molar-refractivity contribution in [2.24, 2.45) is 0 Å². The molecular formula is C22H18N2. The van der Waals surface area contributed by atoms with Crippen molar-refractivity contribution in [3.05, 3.63) is 109 Å². The lowest BCUT2D eigenvalue weighted by molar-refractivity contribution is 0.988. The molecule has 0 radical (unpaired) electrons. The third kappa shape index (κ3) is 2.42. The van der Waals surface area contributed by atoms with Crippen molar-refractivity contribution in [1.82, 2.24) is 9.38 Å². The molecule has 2 heterocycles.